The summed E-state index contributed by atoms with van der Waals surface area (Å²) in [5.74, 6) is 0. The van der Waals surface area contributed by atoms with E-state index in [2.05, 4.69) is 63.4 Å². The summed E-state index contributed by atoms with van der Waals surface area (Å²) in [5.41, 5.74) is 6.15. The van der Waals surface area contributed by atoms with Crippen molar-refractivity contribution in [1.29, 1.82) is 0 Å². The quantitative estimate of drug-likeness (QED) is 0.270. The van der Waals surface area contributed by atoms with Crippen molar-refractivity contribution in [2.45, 2.75) is 12.5 Å². The molecule has 2 heterocycles. The van der Waals surface area contributed by atoms with E-state index in [1.807, 2.05) is 71.7 Å². The van der Waals surface area contributed by atoms with Gasteiger partial charge in [-0.3, -0.25) is 9.80 Å². The lowest BCUT2D eigenvalue weighted by molar-refractivity contribution is 0.709. The van der Waals surface area contributed by atoms with Gasteiger partial charge in [0, 0.05) is 27.4 Å². The van der Waals surface area contributed by atoms with Gasteiger partial charge in [-0.15, -0.1) is 0 Å². The second-order valence-electron chi connectivity index (χ2n) is 8.62. The Kier molecular flexibility index (Phi) is 5.55. The molecule has 1 aliphatic rings. The summed E-state index contributed by atoms with van der Waals surface area (Å²) in [6.45, 7) is 0. The van der Waals surface area contributed by atoms with Gasteiger partial charge in [-0.2, -0.15) is 5.10 Å². The van der Waals surface area contributed by atoms with E-state index in [9.17, 15) is 4.79 Å². The van der Waals surface area contributed by atoms with Crippen LogP contribution in [0.3, 0.4) is 0 Å². The van der Waals surface area contributed by atoms with Crippen molar-refractivity contribution in [2.75, 3.05) is 5.01 Å². The molecule has 1 aliphatic heterocycles. The highest BCUT2D eigenvalue weighted by molar-refractivity contribution is 9.10. The Morgan fingerprint density at radius 1 is 0.800 bits per heavy atom. The summed E-state index contributed by atoms with van der Waals surface area (Å²) in [6, 6.07) is 36.6. The Labute approximate surface area is 211 Å². The van der Waals surface area contributed by atoms with E-state index in [0.29, 0.717) is 12.0 Å². The van der Waals surface area contributed by atoms with Gasteiger partial charge >= 0.3 is 0 Å². The lowest BCUT2D eigenvalue weighted by Crippen LogP contribution is -2.20. The molecule has 0 aliphatic carbocycles. The molecule has 4 nitrogen and oxygen atoms in total. The maximum Gasteiger partial charge on any atom is 0.258 e. The van der Waals surface area contributed by atoms with Gasteiger partial charge in [-0.25, -0.2) is 0 Å². The first-order valence-electron chi connectivity index (χ1n) is 11.6. The van der Waals surface area contributed by atoms with Crippen LogP contribution >= 0.6 is 15.9 Å². The highest BCUT2D eigenvalue weighted by Gasteiger charge is 2.32. The molecule has 4 aromatic carbocycles. The first-order valence-corrected chi connectivity index (χ1v) is 12.4. The molecule has 0 fully saturated rings. The van der Waals surface area contributed by atoms with Crippen LogP contribution in [-0.4, -0.2) is 10.7 Å². The largest absolute Gasteiger partial charge is 0.321 e. The van der Waals surface area contributed by atoms with Crippen molar-refractivity contribution in [3.63, 3.8) is 0 Å². The van der Waals surface area contributed by atoms with Gasteiger partial charge in [0.25, 0.3) is 5.56 Å². The van der Waals surface area contributed by atoms with E-state index in [4.69, 9.17) is 5.10 Å². The van der Waals surface area contributed by atoms with Crippen molar-refractivity contribution < 1.29 is 0 Å². The molecule has 0 spiro atoms. The molecule has 1 unspecified atom stereocenters. The van der Waals surface area contributed by atoms with Crippen LogP contribution in [0.15, 0.2) is 124 Å². The highest BCUT2D eigenvalue weighted by Crippen LogP contribution is 2.39. The number of hydrogen-bond acceptors (Lipinski definition) is 3. The van der Waals surface area contributed by atoms with Crippen LogP contribution in [0.1, 0.15) is 23.6 Å². The fourth-order valence-electron chi connectivity index (χ4n) is 4.86. The molecule has 6 rings (SSSR count). The number of rotatable bonds is 4. The summed E-state index contributed by atoms with van der Waals surface area (Å²) in [7, 11) is 0. The second-order valence-corrected chi connectivity index (χ2v) is 9.53. The molecule has 1 aromatic heterocycles. The predicted molar refractivity (Wildman–Crippen MR) is 147 cm³/mol. The molecule has 5 heteroatoms. The molecule has 1 N–H and O–H groups in total. The summed E-state index contributed by atoms with van der Waals surface area (Å²) in [6.07, 6.45) is 0.626. The number of aromatic nitrogens is 1. The van der Waals surface area contributed by atoms with E-state index < -0.39 is 0 Å². The minimum Gasteiger partial charge on any atom is -0.321 e. The maximum atomic E-state index is 13.6. The molecule has 170 valence electrons. The Bertz CT molecular complexity index is 1600. The fourth-order valence-corrected chi connectivity index (χ4v) is 5.22. The SMILES string of the molecule is O=c1[nH]c2ccc(Br)cc2c(-c2ccccc2)c1C1=NN(c2ccccc2)C(c2ccccc2)C1. The van der Waals surface area contributed by atoms with E-state index in [0.717, 1.165) is 43.5 Å². The van der Waals surface area contributed by atoms with Crippen LogP contribution in [0.25, 0.3) is 22.0 Å². The zero-order chi connectivity index (χ0) is 23.8. The molecule has 0 amide bonds. The smallest absolute Gasteiger partial charge is 0.258 e. The number of anilines is 1. The number of hydrazone groups is 1. The number of para-hydroxylation sites is 1. The average Bonchev–Trinajstić information content (AvgIpc) is 3.35. The van der Waals surface area contributed by atoms with Crippen LogP contribution in [0.5, 0.6) is 0 Å². The Morgan fingerprint density at radius 2 is 1.46 bits per heavy atom. The number of pyridine rings is 1. The topological polar surface area (TPSA) is 48.5 Å². The Hall–Kier alpha value is -3.96. The molecular weight excluding hydrogens is 498 g/mol. The lowest BCUT2D eigenvalue weighted by atomic mass is 9.91. The maximum absolute atomic E-state index is 13.6. The Morgan fingerprint density at radius 3 is 2.17 bits per heavy atom. The summed E-state index contributed by atoms with van der Waals surface area (Å²) >= 11 is 3.62. The van der Waals surface area contributed by atoms with Gasteiger partial charge < -0.3 is 4.98 Å². The van der Waals surface area contributed by atoms with Gasteiger partial charge in [-0.05, 0) is 41.5 Å². The predicted octanol–water partition coefficient (Wildman–Crippen LogP) is 7.31. The number of aromatic amines is 1. The van der Waals surface area contributed by atoms with Crippen molar-refractivity contribution in [2.24, 2.45) is 5.10 Å². The van der Waals surface area contributed by atoms with Crippen molar-refractivity contribution in [1.82, 2.24) is 4.98 Å². The fraction of sp³-hybridized carbons (Fsp3) is 0.0667. The van der Waals surface area contributed by atoms with Crippen molar-refractivity contribution in [3.05, 3.63) is 135 Å². The van der Waals surface area contributed by atoms with Crippen LogP contribution in [0, 0.1) is 0 Å². The van der Waals surface area contributed by atoms with Crippen molar-refractivity contribution >= 4 is 38.2 Å². The second kappa shape index (κ2) is 9.01. The molecule has 0 saturated heterocycles. The summed E-state index contributed by atoms with van der Waals surface area (Å²) < 4.78 is 0.960. The van der Waals surface area contributed by atoms with E-state index in [1.165, 1.54) is 0 Å². The molecule has 0 radical (unpaired) electrons. The third kappa shape index (κ3) is 3.98. The van der Waals surface area contributed by atoms with Crippen molar-refractivity contribution in [3.8, 4) is 11.1 Å². The number of H-pyrrole nitrogens is 1. The molecule has 5 aromatic rings. The average molecular weight is 520 g/mol. The van der Waals surface area contributed by atoms with Gasteiger partial charge in [0.2, 0.25) is 0 Å². The number of fused-ring (bicyclic) bond motifs is 1. The standard InChI is InChI=1S/C30H22BrN3O/c31-22-16-17-25-24(18-22)28(21-12-6-2-7-13-21)29(30(35)32-25)26-19-27(20-10-4-1-5-11-20)34(33-26)23-14-8-3-9-15-23/h1-18,27H,19H2,(H,32,35). The minimum absolute atomic E-state index is 0.00479. The third-order valence-corrected chi connectivity index (χ3v) is 6.94. The first kappa shape index (κ1) is 21.6. The number of hydrogen-bond donors (Lipinski definition) is 1. The van der Waals surface area contributed by atoms with E-state index in [-0.39, 0.29) is 11.6 Å². The van der Waals surface area contributed by atoms with Gasteiger partial charge in [0.05, 0.1) is 23.0 Å². The van der Waals surface area contributed by atoms with Crippen LogP contribution < -0.4 is 10.6 Å². The number of nitrogens with one attached hydrogen (secondary N) is 1. The molecule has 35 heavy (non-hydrogen) atoms. The summed E-state index contributed by atoms with van der Waals surface area (Å²) in [4.78, 5) is 16.7. The van der Waals surface area contributed by atoms with Gasteiger partial charge in [0.15, 0.2) is 0 Å². The molecule has 0 bridgehead atoms. The monoisotopic (exact) mass is 519 g/mol. The normalized spacial score (nSPS) is 15.4. The summed E-state index contributed by atoms with van der Waals surface area (Å²) in [5, 5.41) is 8.11. The van der Waals surface area contributed by atoms with E-state index >= 15 is 0 Å². The number of benzene rings is 4. The van der Waals surface area contributed by atoms with Crippen LogP contribution in [0.4, 0.5) is 5.69 Å². The molecular formula is C30H22BrN3O. The van der Waals surface area contributed by atoms with Crippen LogP contribution in [0.2, 0.25) is 0 Å². The third-order valence-electron chi connectivity index (χ3n) is 6.44. The number of nitrogens with zero attached hydrogens (tertiary/aromatic N) is 2. The number of halogens is 1. The Balaban J connectivity index is 1.60. The zero-order valence-electron chi connectivity index (χ0n) is 18.9. The van der Waals surface area contributed by atoms with E-state index in [1.54, 1.807) is 0 Å². The molecule has 0 saturated carbocycles. The lowest BCUT2D eigenvalue weighted by Gasteiger charge is -2.23. The minimum atomic E-state index is -0.126. The van der Waals surface area contributed by atoms with Crippen LogP contribution in [-0.2, 0) is 0 Å². The zero-order valence-corrected chi connectivity index (χ0v) is 20.4. The highest BCUT2D eigenvalue weighted by atomic mass is 79.9. The first-order chi connectivity index (χ1) is 17.2. The molecule has 1 atom stereocenters. The van der Waals surface area contributed by atoms with Gasteiger partial charge in [0.1, 0.15) is 0 Å². The van der Waals surface area contributed by atoms with Gasteiger partial charge in [-0.1, -0.05) is 94.8 Å².